The first-order chi connectivity index (χ1) is 10.5. The highest BCUT2D eigenvalue weighted by Crippen LogP contribution is 2.30. The largest absolute Gasteiger partial charge is 0.399 e. The van der Waals surface area contributed by atoms with Crippen molar-refractivity contribution in [1.29, 1.82) is 0 Å². The van der Waals surface area contributed by atoms with Crippen LogP contribution >= 0.6 is 15.9 Å². The summed E-state index contributed by atoms with van der Waals surface area (Å²) in [5, 5.41) is 0. The molecule has 0 radical (unpaired) electrons. The van der Waals surface area contributed by atoms with E-state index >= 15 is 0 Å². The molecule has 0 amide bonds. The van der Waals surface area contributed by atoms with Gasteiger partial charge in [-0.15, -0.1) is 0 Å². The monoisotopic (exact) mass is 360 g/mol. The fraction of sp³-hybridized carbons (Fsp3) is 0.267. The maximum atomic E-state index is 5.90. The molecule has 0 spiro atoms. The Morgan fingerprint density at radius 3 is 2.73 bits per heavy atom. The lowest BCUT2D eigenvalue weighted by atomic mass is 10.1. The van der Waals surface area contributed by atoms with E-state index < -0.39 is 0 Å². The molecule has 0 aliphatic heterocycles. The molecule has 3 rings (SSSR count). The molecule has 7 heteroatoms. The van der Waals surface area contributed by atoms with E-state index in [2.05, 4.69) is 37.8 Å². The second-order valence-corrected chi connectivity index (χ2v) is 6.07. The number of halogens is 1. The van der Waals surface area contributed by atoms with Crippen molar-refractivity contribution < 1.29 is 0 Å². The fourth-order valence-corrected chi connectivity index (χ4v) is 3.16. The van der Waals surface area contributed by atoms with Crippen molar-refractivity contribution in [3.8, 4) is 0 Å². The molecule has 0 fully saturated rings. The highest BCUT2D eigenvalue weighted by Gasteiger charge is 2.20. The molecule has 6 nitrogen and oxygen atoms in total. The molecule has 114 valence electrons. The van der Waals surface area contributed by atoms with Gasteiger partial charge in [0.05, 0.1) is 6.04 Å². The molecular weight excluding hydrogens is 344 g/mol. The average molecular weight is 361 g/mol. The zero-order chi connectivity index (χ0) is 15.9. The van der Waals surface area contributed by atoms with Gasteiger partial charge in [-0.25, -0.2) is 15.0 Å². The number of rotatable bonds is 3. The van der Waals surface area contributed by atoms with Crippen molar-refractivity contribution in [1.82, 2.24) is 19.5 Å². The van der Waals surface area contributed by atoms with Crippen LogP contribution in [-0.4, -0.2) is 33.6 Å². The van der Waals surface area contributed by atoms with Gasteiger partial charge in [-0.2, -0.15) is 0 Å². The molecule has 0 aliphatic carbocycles. The van der Waals surface area contributed by atoms with Gasteiger partial charge in [0.25, 0.3) is 0 Å². The lowest BCUT2D eigenvalue weighted by molar-refractivity contribution is 0.638. The summed E-state index contributed by atoms with van der Waals surface area (Å²) in [6, 6.07) is 7.90. The minimum atomic E-state index is 0.0489. The quantitative estimate of drug-likeness (QED) is 0.574. The Labute approximate surface area is 137 Å². The zero-order valence-electron chi connectivity index (χ0n) is 12.7. The van der Waals surface area contributed by atoms with E-state index in [4.69, 9.17) is 5.73 Å². The van der Waals surface area contributed by atoms with Crippen LogP contribution < -0.4 is 10.6 Å². The fourth-order valence-electron chi connectivity index (χ4n) is 2.51. The molecule has 1 atom stereocenters. The predicted octanol–water partition coefficient (Wildman–Crippen LogP) is 2.85. The van der Waals surface area contributed by atoms with E-state index in [0.717, 1.165) is 33.0 Å². The first-order valence-corrected chi connectivity index (χ1v) is 7.69. The van der Waals surface area contributed by atoms with E-state index in [1.54, 1.807) is 6.33 Å². The normalized spacial score (nSPS) is 12.5. The number of nitrogen functional groups attached to an aromatic ring is 1. The van der Waals surface area contributed by atoms with Crippen LogP contribution in [0.3, 0.4) is 0 Å². The molecule has 0 unspecified atom stereocenters. The maximum absolute atomic E-state index is 5.90. The van der Waals surface area contributed by atoms with Crippen LogP contribution in [0.2, 0.25) is 0 Å². The van der Waals surface area contributed by atoms with Crippen LogP contribution in [0.25, 0.3) is 11.2 Å². The second kappa shape index (κ2) is 5.57. The Hall–Kier alpha value is -2.15. The van der Waals surface area contributed by atoms with Gasteiger partial charge in [-0.05, 0) is 40.5 Å². The Morgan fingerprint density at radius 2 is 2.05 bits per heavy atom. The summed E-state index contributed by atoms with van der Waals surface area (Å²) in [5.74, 6) is 0.796. The molecule has 0 bridgehead atoms. The summed E-state index contributed by atoms with van der Waals surface area (Å²) in [7, 11) is 3.88. The highest BCUT2D eigenvalue weighted by atomic mass is 79.9. The average Bonchev–Trinajstić information content (AvgIpc) is 2.82. The third-order valence-electron chi connectivity index (χ3n) is 3.62. The van der Waals surface area contributed by atoms with Gasteiger partial charge < -0.3 is 10.6 Å². The van der Waals surface area contributed by atoms with Gasteiger partial charge in [0.1, 0.15) is 6.33 Å². The van der Waals surface area contributed by atoms with Gasteiger partial charge in [-0.1, -0.05) is 12.1 Å². The Balaban J connectivity index is 2.19. The van der Waals surface area contributed by atoms with Crippen LogP contribution in [0, 0.1) is 0 Å². The number of anilines is 2. The van der Waals surface area contributed by atoms with Crippen molar-refractivity contribution in [3.63, 3.8) is 0 Å². The first kappa shape index (κ1) is 14.8. The van der Waals surface area contributed by atoms with Crippen molar-refractivity contribution in [2.24, 2.45) is 0 Å². The van der Waals surface area contributed by atoms with Crippen LogP contribution in [0.4, 0.5) is 11.5 Å². The SMILES string of the molecule is C[C@H](c1cccc(N)c1)n1c(Br)nc2c(N(C)C)ncnc21. The number of hydrogen-bond donors (Lipinski definition) is 1. The van der Waals surface area contributed by atoms with E-state index in [-0.39, 0.29) is 6.04 Å². The van der Waals surface area contributed by atoms with E-state index in [1.165, 1.54) is 0 Å². The van der Waals surface area contributed by atoms with E-state index in [0.29, 0.717) is 0 Å². The van der Waals surface area contributed by atoms with E-state index in [1.807, 2.05) is 47.8 Å². The molecule has 22 heavy (non-hydrogen) atoms. The summed E-state index contributed by atoms with van der Waals surface area (Å²) in [4.78, 5) is 15.2. The van der Waals surface area contributed by atoms with Crippen LogP contribution in [-0.2, 0) is 0 Å². The Morgan fingerprint density at radius 1 is 1.27 bits per heavy atom. The standard InChI is InChI=1S/C15H17BrN6/c1-9(10-5-4-6-11(17)7-10)22-14-12(20-15(22)16)13(21(2)3)18-8-19-14/h4-9H,17H2,1-3H3/t9-/m1/s1. The third-order valence-corrected chi connectivity index (χ3v) is 4.18. The van der Waals surface area contributed by atoms with Gasteiger partial charge in [0, 0.05) is 19.8 Å². The van der Waals surface area contributed by atoms with Gasteiger partial charge in [0.15, 0.2) is 21.7 Å². The molecule has 0 aliphatic rings. The number of fused-ring (bicyclic) bond motifs is 1. The van der Waals surface area contributed by atoms with Crippen LogP contribution in [0.5, 0.6) is 0 Å². The third kappa shape index (κ3) is 2.41. The van der Waals surface area contributed by atoms with Gasteiger partial charge in [0.2, 0.25) is 0 Å². The first-order valence-electron chi connectivity index (χ1n) is 6.90. The number of imidazole rings is 1. The number of benzene rings is 1. The molecule has 0 saturated carbocycles. The Bertz CT molecular complexity index is 826. The van der Waals surface area contributed by atoms with Crippen molar-refractivity contribution in [3.05, 3.63) is 40.9 Å². The molecule has 2 N–H and O–H groups in total. The number of hydrogen-bond acceptors (Lipinski definition) is 5. The molecule has 3 aromatic rings. The lowest BCUT2D eigenvalue weighted by Gasteiger charge is -2.16. The molecule has 2 heterocycles. The number of nitrogens with two attached hydrogens (primary N) is 1. The van der Waals surface area contributed by atoms with Crippen LogP contribution in [0.15, 0.2) is 35.3 Å². The summed E-state index contributed by atoms with van der Waals surface area (Å²) in [6.45, 7) is 2.10. The summed E-state index contributed by atoms with van der Waals surface area (Å²) >= 11 is 3.54. The molecular formula is C15H17BrN6. The minimum absolute atomic E-state index is 0.0489. The Kier molecular flexibility index (Phi) is 3.74. The van der Waals surface area contributed by atoms with Crippen LogP contribution in [0.1, 0.15) is 18.5 Å². The van der Waals surface area contributed by atoms with E-state index in [9.17, 15) is 0 Å². The topological polar surface area (TPSA) is 72.9 Å². The zero-order valence-corrected chi connectivity index (χ0v) is 14.2. The summed E-state index contributed by atoms with van der Waals surface area (Å²) in [5.41, 5.74) is 9.31. The molecule has 2 aromatic heterocycles. The predicted molar refractivity (Wildman–Crippen MR) is 92.0 cm³/mol. The highest BCUT2D eigenvalue weighted by molar-refractivity contribution is 9.10. The van der Waals surface area contributed by atoms with Gasteiger partial charge in [-0.3, -0.25) is 4.57 Å². The van der Waals surface area contributed by atoms with Crippen molar-refractivity contribution in [2.45, 2.75) is 13.0 Å². The maximum Gasteiger partial charge on any atom is 0.180 e. The number of nitrogens with zero attached hydrogens (tertiary/aromatic N) is 5. The lowest BCUT2D eigenvalue weighted by Crippen LogP contribution is -2.12. The number of aromatic nitrogens is 4. The summed E-state index contributed by atoms with van der Waals surface area (Å²) in [6.07, 6.45) is 1.56. The van der Waals surface area contributed by atoms with Crippen molar-refractivity contribution >= 4 is 38.6 Å². The molecule has 0 saturated heterocycles. The smallest absolute Gasteiger partial charge is 0.180 e. The molecule has 1 aromatic carbocycles. The second-order valence-electron chi connectivity index (χ2n) is 5.36. The van der Waals surface area contributed by atoms with Crippen molar-refractivity contribution in [2.75, 3.05) is 24.7 Å². The van der Waals surface area contributed by atoms with Gasteiger partial charge >= 0.3 is 0 Å². The summed E-state index contributed by atoms with van der Waals surface area (Å²) < 4.78 is 2.76. The minimum Gasteiger partial charge on any atom is -0.399 e.